The lowest BCUT2D eigenvalue weighted by Gasteiger charge is -2.26. The van der Waals surface area contributed by atoms with Crippen molar-refractivity contribution < 1.29 is 34.0 Å². The minimum atomic E-state index is -0.755. The molecule has 2 rings (SSSR count). The van der Waals surface area contributed by atoms with E-state index in [1.165, 1.54) is 18.4 Å². The average molecular weight is 739 g/mol. The maximum absolute atomic E-state index is 13.6. The summed E-state index contributed by atoms with van der Waals surface area (Å²) in [7, 11) is 3.15. The number of aromatic nitrogens is 1. The van der Waals surface area contributed by atoms with Crippen LogP contribution in [0.4, 0.5) is 4.79 Å². The second kappa shape index (κ2) is 21.8. The molecule has 1 aromatic heterocycles. The van der Waals surface area contributed by atoms with Gasteiger partial charge < -0.3 is 29.7 Å². The number of nitrogens with zero attached hydrogens (tertiary/aromatic N) is 1. The summed E-state index contributed by atoms with van der Waals surface area (Å²) < 4.78 is 17.7. The van der Waals surface area contributed by atoms with Crippen molar-refractivity contribution in [3.8, 4) is 0 Å². The highest BCUT2D eigenvalue weighted by molar-refractivity contribution is 7.09. The molecular formula is C42H62N2O7S. The van der Waals surface area contributed by atoms with E-state index in [9.17, 15) is 19.8 Å². The van der Waals surface area contributed by atoms with Crippen LogP contribution in [0.1, 0.15) is 105 Å². The van der Waals surface area contributed by atoms with Crippen LogP contribution in [-0.2, 0) is 19.0 Å². The molecule has 8 unspecified atom stereocenters. The second-order valence-corrected chi connectivity index (χ2v) is 15.4. The fourth-order valence-corrected chi connectivity index (χ4v) is 6.80. The predicted molar refractivity (Wildman–Crippen MR) is 211 cm³/mol. The van der Waals surface area contributed by atoms with E-state index in [-0.39, 0.29) is 29.8 Å². The van der Waals surface area contributed by atoms with Gasteiger partial charge in [0.2, 0.25) is 0 Å². The van der Waals surface area contributed by atoms with Crippen LogP contribution in [0.15, 0.2) is 87.9 Å². The first-order valence-electron chi connectivity index (χ1n) is 18.1. The van der Waals surface area contributed by atoms with E-state index in [1.807, 2.05) is 102 Å². The van der Waals surface area contributed by atoms with E-state index in [4.69, 9.17) is 19.2 Å². The molecule has 9 nitrogen and oxygen atoms in total. The van der Waals surface area contributed by atoms with Crippen molar-refractivity contribution in [3.63, 3.8) is 0 Å². The normalized spacial score (nSPS) is 31.2. The lowest BCUT2D eigenvalue weighted by molar-refractivity contribution is -0.146. The Morgan fingerprint density at radius 3 is 2.37 bits per heavy atom. The van der Waals surface area contributed by atoms with Crippen LogP contribution in [0.5, 0.6) is 0 Å². The van der Waals surface area contributed by atoms with E-state index < -0.39 is 36.5 Å². The number of hydrogen-bond acceptors (Lipinski definition) is 9. The Bertz CT molecular complexity index is 1550. The van der Waals surface area contributed by atoms with Crippen molar-refractivity contribution in [1.82, 2.24) is 10.3 Å². The Kier molecular flexibility index (Phi) is 18.7. The summed E-state index contributed by atoms with van der Waals surface area (Å²) in [5, 5.41) is 27.0. The van der Waals surface area contributed by atoms with E-state index >= 15 is 0 Å². The van der Waals surface area contributed by atoms with Crippen LogP contribution in [-0.4, -0.2) is 59.7 Å². The molecule has 0 saturated heterocycles. The van der Waals surface area contributed by atoms with Crippen molar-refractivity contribution in [2.75, 3.05) is 14.2 Å². The van der Waals surface area contributed by atoms with E-state index in [0.29, 0.717) is 29.1 Å². The third kappa shape index (κ3) is 14.5. The number of cyclic esters (lactones) is 1. The molecular weight excluding hydrogens is 677 g/mol. The fraction of sp³-hybridized carbons (Fsp3) is 0.548. The average Bonchev–Trinajstić information content (AvgIpc) is 3.57. The zero-order valence-corrected chi connectivity index (χ0v) is 34.0. The van der Waals surface area contributed by atoms with Gasteiger partial charge in [0.05, 0.1) is 24.0 Å². The summed E-state index contributed by atoms with van der Waals surface area (Å²) in [5.74, 6) is -0.903. The molecule has 52 heavy (non-hydrogen) atoms. The predicted octanol–water partition coefficient (Wildman–Crippen LogP) is 9.06. The number of methoxy groups -OCH3 is 1. The highest BCUT2D eigenvalue weighted by atomic mass is 32.1. The SMILES string of the molecule is CNC(=O)OC(CC(C)C)c1nc(C2OC(=O)/C(C)=C/C/C(C)=C/C(O)C(C)C=C(C)C=C(C)/C=C/C(O)C(C)C(OC)/C(C)=C/C=C/C2C)cs1. The molecule has 0 saturated carbocycles. The number of ether oxygens (including phenoxy) is 3. The number of esters is 1. The zero-order valence-electron chi connectivity index (χ0n) is 33.2. The van der Waals surface area contributed by atoms with Crippen molar-refractivity contribution >= 4 is 23.4 Å². The van der Waals surface area contributed by atoms with Crippen LogP contribution >= 0.6 is 11.3 Å². The number of allylic oxidation sites excluding steroid dienone is 8. The number of aliphatic hydroxyl groups excluding tert-OH is 2. The molecule has 10 heteroatoms. The molecule has 8 atom stereocenters. The number of rotatable bonds is 6. The van der Waals surface area contributed by atoms with Crippen LogP contribution in [0.25, 0.3) is 0 Å². The van der Waals surface area contributed by atoms with Gasteiger partial charge in [0.1, 0.15) is 5.01 Å². The monoisotopic (exact) mass is 738 g/mol. The number of hydrogen-bond donors (Lipinski definition) is 3. The van der Waals surface area contributed by atoms with E-state index in [1.54, 1.807) is 20.1 Å². The lowest BCUT2D eigenvalue weighted by Crippen LogP contribution is -2.30. The molecule has 288 valence electrons. The number of thiazole rings is 1. The molecule has 1 aromatic rings. The number of nitrogens with one attached hydrogen (secondary N) is 1. The third-order valence-electron chi connectivity index (χ3n) is 9.03. The minimum Gasteiger partial charge on any atom is -0.452 e. The molecule has 0 spiro atoms. The Morgan fingerprint density at radius 1 is 1.04 bits per heavy atom. The molecule has 0 bridgehead atoms. The Hall–Kier alpha value is -3.57. The molecule has 0 fully saturated rings. The smallest absolute Gasteiger partial charge is 0.407 e. The molecule has 0 aromatic carbocycles. The van der Waals surface area contributed by atoms with Gasteiger partial charge in [0, 0.05) is 42.9 Å². The molecule has 1 aliphatic rings. The number of alkyl carbamates (subject to hydrolysis) is 1. The Morgan fingerprint density at radius 2 is 1.73 bits per heavy atom. The van der Waals surface area contributed by atoms with Gasteiger partial charge in [-0.15, -0.1) is 11.3 Å². The fourth-order valence-electron chi connectivity index (χ4n) is 5.92. The standard InChI is InChI=1S/C42H62N2O7S/c1-25(2)20-37(50-42(48)43-11)40-44-34(24-52-40)39-30(7)15-13-14-29(6)38(49-12)33(10)35(45)19-17-26(3)21-28(5)22-32(9)36(46)23-27(4)16-18-31(8)41(47)51-39/h13-15,17-19,21-25,30,32-33,35-39,45-46H,16,20H2,1-12H3,(H,43,48)/b15-13+,19-17+,26-21?,27-23+,28-22?,29-14+,31-18+. The van der Waals surface area contributed by atoms with Gasteiger partial charge in [-0.05, 0) is 59.0 Å². The quantitative estimate of drug-likeness (QED) is 0.195. The van der Waals surface area contributed by atoms with Crippen LogP contribution in [0.3, 0.4) is 0 Å². The Labute approximate surface area is 315 Å². The van der Waals surface area contributed by atoms with Gasteiger partial charge in [0.25, 0.3) is 0 Å². The molecule has 0 aliphatic carbocycles. The first-order chi connectivity index (χ1) is 24.5. The summed E-state index contributed by atoms with van der Waals surface area (Å²) in [6.07, 6.45) is 14.6. The van der Waals surface area contributed by atoms with Gasteiger partial charge in [-0.1, -0.05) is 106 Å². The number of carbonyl (C=O) groups is 2. The second-order valence-electron chi connectivity index (χ2n) is 14.5. The molecule has 2 heterocycles. The molecule has 1 aliphatic heterocycles. The van der Waals surface area contributed by atoms with Gasteiger partial charge in [-0.25, -0.2) is 14.6 Å². The number of aliphatic hydroxyl groups is 2. The highest BCUT2D eigenvalue weighted by Gasteiger charge is 2.29. The molecule has 3 N–H and O–H groups in total. The largest absolute Gasteiger partial charge is 0.452 e. The number of amides is 1. The van der Waals surface area contributed by atoms with Crippen LogP contribution in [0.2, 0.25) is 0 Å². The maximum atomic E-state index is 13.6. The topological polar surface area (TPSA) is 127 Å². The summed E-state index contributed by atoms with van der Waals surface area (Å²) in [4.78, 5) is 30.6. The molecule has 1 amide bonds. The van der Waals surface area contributed by atoms with E-state index in [2.05, 4.69) is 19.2 Å². The molecule has 0 radical (unpaired) electrons. The first-order valence-corrected chi connectivity index (χ1v) is 19.0. The zero-order chi connectivity index (χ0) is 39.1. The summed E-state index contributed by atoms with van der Waals surface area (Å²) >= 11 is 1.37. The van der Waals surface area contributed by atoms with Crippen molar-refractivity contribution in [3.05, 3.63) is 98.6 Å². The first kappa shape index (κ1) is 44.6. The van der Waals surface area contributed by atoms with Crippen LogP contribution < -0.4 is 5.32 Å². The highest BCUT2D eigenvalue weighted by Crippen LogP contribution is 2.34. The van der Waals surface area contributed by atoms with E-state index in [0.717, 1.165) is 22.3 Å². The van der Waals surface area contributed by atoms with Crippen LogP contribution in [0, 0.1) is 23.7 Å². The van der Waals surface area contributed by atoms with Gasteiger partial charge in [-0.3, -0.25) is 0 Å². The summed E-state index contributed by atoms with van der Waals surface area (Å²) in [6, 6.07) is 0. The van der Waals surface area contributed by atoms with Crippen molar-refractivity contribution in [1.29, 1.82) is 0 Å². The lowest BCUT2D eigenvalue weighted by atomic mass is 9.91. The third-order valence-corrected chi connectivity index (χ3v) is 9.99. The number of carbonyl (C=O) groups excluding carboxylic acids is 2. The maximum Gasteiger partial charge on any atom is 0.407 e. The van der Waals surface area contributed by atoms with Gasteiger partial charge in [0.15, 0.2) is 12.2 Å². The van der Waals surface area contributed by atoms with Crippen molar-refractivity contribution in [2.24, 2.45) is 23.7 Å². The minimum absolute atomic E-state index is 0.147. The summed E-state index contributed by atoms with van der Waals surface area (Å²) in [5.41, 5.74) is 4.83. The summed E-state index contributed by atoms with van der Waals surface area (Å²) in [6.45, 7) is 19.6. The van der Waals surface area contributed by atoms with Crippen molar-refractivity contribution in [2.45, 2.75) is 113 Å². The van der Waals surface area contributed by atoms with Gasteiger partial charge >= 0.3 is 12.1 Å². The van der Waals surface area contributed by atoms with Gasteiger partial charge in [-0.2, -0.15) is 0 Å². The Balaban J connectivity index is 2.60.